The average molecular weight is 563 g/mol. The van der Waals surface area contributed by atoms with Gasteiger partial charge in [0, 0.05) is 13.0 Å². The molecule has 2 unspecified atom stereocenters. The van der Waals surface area contributed by atoms with Crippen LogP contribution in [-0.4, -0.2) is 63.3 Å². The Morgan fingerprint density at radius 1 is 1.27 bits per heavy atom. The number of aliphatic hydroxyl groups excluding tert-OH is 1. The van der Waals surface area contributed by atoms with E-state index >= 15 is 0 Å². The number of thiazole rings is 1. The summed E-state index contributed by atoms with van der Waals surface area (Å²) < 4.78 is 0. The Balaban J connectivity index is 1.41. The van der Waals surface area contributed by atoms with E-state index in [0.717, 1.165) is 16.1 Å². The van der Waals surface area contributed by atoms with Gasteiger partial charge in [-0.1, -0.05) is 45.0 Å². The molecule has 1 aromatic carbocycles. The van der Waals surface area contributed by atoms with Gasteiger partial charge in [0.2, 0.25) is 11.8 Å². The zero-order valence-corrected chi connectivity index (χ0v) is 24.1. The van der Waals surface area contributed by atoms with E-state index < -0.39 is 40.5 Å². The van der Waals surface area contributed by atoms with Crippen LogP contribution in [0, 0.1) is 29.1 Å². The second-order valence-electron chi connectivity index (χ2n) is 12.2. The van der Waals surface area contributed by atoms with Crippen molar-refractivity contribution in [2.45, 2.75) is 77.6 Å². The topological polar surface area (TPSA) is 148 Å². The summed E-state index contributed by atoms with van der Waals surface area (Å²) in [6.45, 7) is 9.25. The molecule has 1 saturated heterocycles. The van der Waals surface area contributed by atoms with Crippen LogP contribution in [0.4, 0.5) is 0 Å². The summed E-state index contributed by atoms with van der Waals surface area (Å²) in [4.78, 5) is 51.8. The molecule has 3 amide bonds. The predicted molar refractivity (Wildman–Crippen MR) is 150 cm³/mol. The second-order valence-corrected chi connectivity index (χ2v) is 13.1. The third-order valence-corrected chi connectivity index (χ3v) is 9.12. The van der Waals surface area contributed by atoms with Crippen LogP contribution in [0.15, 0.2) is 34.8 Å². The van der Waals surface area contributed by atoms with E-state index in [2.05, 4.69) is 21.7 Å². The van der Waals surface area contributed by atoms with Gasteiger partial charge in [-0.15, -0.1) is 11.3 Å². The molecule has 3 heterocycles. The van der Waals surface area contributed by atoms with Crippen LogP contribution in [0.3, 0.4) is 0 Å². The number of hydrogen-bond acceptors (Lipinski definition) is 8. The summed E-state index contributed by atoms with van der Waals surface area (Å²) in [6, 6.07) is 8.13. The van der Waals surface area contributed by atoms with Gasteiger partial charge in [-0.2, -0.15) is 5.26 Å². The van der Waals surface area contributed by atoms with Crippen molar-refractivity contribution in [3.63, 3.8) is 0 Å². The number of nitrogens with one attached hydrogen (secondary N) is 2. The number of carbonyl (C=O) groups excluding carboxylic acids is 3. The Labute approximate surface area is 237 Å². The molecule has 210 valence electrons. The number of likely N-dealkylation sites (tertiary alicyclic amines) is 1. The summed E-state index contributed by atoms with van der Waals surface area (Å²) in [7, 11) is 0. The number of β-amino-alcohol motifs (C(OH)–C–C–N with tert-alkyl or cyclic N) is 1. The summed E-state index contributed by atoms with van der Waals surface area (Å²) in [6.07, 6.45) is 0.333. The number of aryl methyl sites for hydroxylation is 1. The number of amidine groups is 1. The molecule has 1 saturated carbocycles. The van der Waals surface area contributed by atoms with Crippen molar-refractivity contribution in [2.75, 3.05) is 6.54 Å². The molecule has 2 aliphatic heterocycles. The van der Waals surface area contributed by atoms with Crippen LogP contribution in [-0.2, 0) is 19.9 Å². The number of amides is 3. The molecule has 3 N–H and O–H groups in total. The largest absolute Gasteiger partial charge is 0.391 e. The number of aliphatic imine (C=N–C) groups is 1. The fourth-order valence-electron chi connectivity index (χ4n) is 5.35. The molecule has 0 bridgehead atoms. The van der Waals surface area contributed by atoms with Gasteiger partial charge in [-0.3, -0.25) is 14.4 Å². The van der Waals surface area contributed by atoms with Gasteiger partial charge >= 0.3 is 0 Å². The van der Waals surface area contributed by atoms with Crippen LogP contribution in [0.5, 0.6) is 0 Å². The molecule has 1 aromatic heterocycles. The Hall–Kier alpha value is -3.62. The van der Waals surface area contributed by atoms with Crippen molar-refractivity contribution >= 4 is 34.9 Å². The smallest absolute Gasteiger partial charge is 0.257 e. The van der Waals surface area contributed by atoms with Crippen LogP contribution >= 0.6 is 11.3 Å². The van der Waals surface area contributed by atoms with Gasteiger partial charge in [-0.05, 0) is 43.2 Å². The second kappa shape index (κ2) is 9.78. The lowest BCUT2D eigenvalue weighted by atomic mass is 9.85. The highest BCUT2D eigenvalue weighted by Crippen LogP contribution is 2.45. The first-order valence-corrected chi connectivity index (χ1v) is 14.3. The quantitative estimate of drug-likeness (QED) is 0.493. The molecule has 0 radical (unpaired) electrons. The molecule has 11 heteroatoms. The first kappa shape index (κ1) is 27.9. The summed E-state index contributed by atoms with van der Waals surface area (Å²) in [5, 5.41) is 25.7. The number of rotatable bonds is 6. The third-order valence-electron chi connectivity index (χ3n) is 8.15. The SMILES string of the molecule is Cc1ncsc1-c1ccc(C2(C)N=C(C3C[C@@H](O)CN3C(=O)[C@@H](NC(=O)C3(C#N)CC3)C(C)(C)C)NC2=O)cc1. The summed E-state index contributed by atoms with van der Waals surface area (Å²) in [5.41, 5.74) is 1.50. The van der Waals surface area contributed by atoms with Gasteiger partial charge in [-0.25, -0.2) is 9.98 Å². The van der Waals surface area contributed by atoms with Gasteiger partial charge in [0.15, 0.2) is 5.54 Å². The molecular weight excluding hydrogens is 528 g/mol. The van der Waals surface area contributed by atoms with E-state index in [1.807, 2.05) is 52.0 Å². The minimum Gasteiger partial charge on any atom is -0.391 e. The van der Waals surface area contributed by atoms with Crippen molar-refractivity contribution < 1.29 is 19.5 Å². The normalized spacial score (nSPS) is 26.1. The van der Waals surface area contributed by atoms with E-state index in [9.17, 15) is 24.8 Å². The van der Waals surface area contributed by atoms with E-state index in [1.54, 1.807) is 23.8 Å². The standard InChI is InChI=1S/C29H34N6O4S/c1-16-21(40-15-31-16)17-6-8-18(9-7-17)28(5)25(38)33-23(34-28)20-12-19(36)13-35(20)24(37)22(27(2,3)4)32-26(39)29(14-30)10-11-29/h6-9,15,19-20,22,36H,10-13H2,1-5H3,(H,32,39)(H,33,34,38)/t19-,20?,22-,28?/m1/s1. The zero-order valence-electron chi connectivity index (χ0n) is 23.3. The van der Waals surface area contributed by atoms with Crippen LogP contribution < -0.4 is 10.6 Å². The molecule has 2 fully saturated rings. The number of benzene rings is 1. The van der Waals surface area contributed by atoms with Crippen LogP contribution in [0.1, 0.15) is 58.2 Å². The van der Waals surface area contributed by atoms with E-state index in [-0.39, 0.29) is 24.8 Å². The lowest BCUT2D eigenvalue weighted by molar-refractivity contribution is -0.140. The summed E-state index contributed by atoms with van der Waals surface area (Å²) in [5.74, 6) is -0.834. The average Bonchev–Trinajstić information content (AvgIpc) is 3.28. The molecule has 40 heavy (non-hydrogen) atoms. The Morgan fingerprint density at radius 2 is 1.95 bits per heavy atom. The molecule has 5 rings (SSSR count). The van der Waals surface area contributed by atoms with Crippen molar-refractivity contribution in [3.8, 4) is 16.5 Å². The molecule has 10 nitrogen and oxygen atoms in total. The molecule has 4 atom stereocenters. The minimum absolute atomic E-state index is 0.0455. The first-order chi connectivity index (χ1) is 18.8. The fraction of sp³-hybridized carbons (Fsp3) is 0.517. The Kier molecular flexibility index (Phi) is 6.83. The van der Waals surface area contributed by atoms with Crippen LogP contribution in [0.25, 0.3) is 10.4 Å². The van der Waals surface area contributed by atoms with E-state index in [4.69, 9.17) is 4.99 Å². The molecule has 3 aliphatic rings. The number of aromatic nitrogens is 1. The number of carbonyl (C=O) groups is 3. The Morgan fingerprint density at radius 3 is 2.50 bits per heavy atom. The van der Waals surface area contributed by atoms with Gasteiger partial charge in [0.05, 0.1) is 34.3 Å². The highest BCUT2D eigenvalue weighted by atomic mass is 32.1. The highest BCUT2D eigenvalue weighted by molar-refractivity contribution is 7.13. The van der Waals surface area contributed by atoms with Gasteiger partial charge in [0.1, 0.15) is 17.3 Å². The molecule has 0 spiro atoms. The van der Waals surface area contributed by atoms with Crippen molar-refractivity contribution in [3.05, 3.63) is 41.0 Å². The fourth-order valence-corrected chi connectivity index (χ4v) is 6.16. The van der Waals surface area contributed by atoms with E-state index in [0.29, 0.717) is 24.2 Å². The number of nitrogens with zero attached hydrogens (tertiary/aromatic N) is 4. The molecule has 2 aromatic rings. The lowest BCUT2D eigenvalue weighted by Gasteiger charge is -2.36. The number of aliphatic hydroxyl groups is 1. The number of hydrogen-bond donors (Lipinski definition) is 3. The van der Waals surface area contributed by atoms with Crippen molar-refractivity contribution in [1.29, 1.82) is 5.26 Å². The van der Waals surface area contributed by atoms with Crippen LogP contribution in [0.2, 0.25) is 0 Å². The maximum atomic E-state index is 13.9. The summed E-state index contributed by atoms with van der Waals surface area (Å²) >= 11 is 1.55. The molecule has 1 aliphatic carbocycles. The van der Waals surface area contributed by atoms with Gasteiger partial charge in [0.25, 0.3) is 5.91 Å². The first-order valence-electron chi connectivity index (χ1n) is 13.4. The third kappa shape index (κ3) is 4.80. The Bertz CT molecular complexity index is 1430. The maximum absolute atomic E-state index is 13.9. The van der Waals surface area contributed by atoms with Gasteiger partial charge < -0.3 is 20.6 Å². The maximum Gasteiger partial charge on any atom is 0.257 e. The minimum atomic E-state index is -1.21. The monoisotopic (exact) mass is 562 g/mol. The highest BCUT2D eigenvalue weighted by Gasteiger charge is 2.53. The van der Waals surface area contributed by atoms with Crippen molar-refractivity contribution in [2.24, 2.45) is 15.8 Å². The van der Waals surface area contributed by atoms with E-state index in [1.165, 1.54) is 4.90 Å². The lowest BCUT2D eigenvalue weighted by Crippen LogP contribution is -2.58. The zero-order chi connectivity index (χ0) is 29.0. The molecular formula is C29H34N6O4S. The predicted octanol–water partition coefficient (Wildman–Crippen LogP) is 2.66. The van der Waals surface area contributed by atoms with Crippen molar-refractivity contribution in [1.82, 2.24) is 20.5 Å². The number of nitriles is 1.